The summed E-state index contributed by atoms with van der Waals surface area (Å²) in [6.07, 6.45) is 3.98. The highest BCUT2D eigenvalue weighted by Crippen LogP contribution is 2.31. The largest absolute Gasteiger partial charge is 0.468 e. The topological polar surface area (TPSA) is 48.6 Å². The molecule has 0 radical (unpaired) electrons. The van der Waals surface area contributed by atoms with E-state index in [9.17, 15) is 5.11 Å². The average Bonchev–Trinajstić information content (AvgIpc) is 2.82. The van der Waals surface area contributed by atoms with Crippen LogP contribution in [0.2, 0.25) is 0 Å². The van der Waals surface area contributed by atoms with E-state index in [1.165, 1.54) is 12.8 Å². The van der Waals surface area contributed by atoms with Gasteiger partial charge in [-0.25, -0.2) is 0 Å². The normalized spacial score (nSPS) is 30.1. The first kappa shape index (κ1) is 10.3. The van der Waals surface area contributed by atoms with Gasteiger partial charge in [-0.05, 0) is 25.0 Å². The van der Waals surface area contributed by atoms with Gasteiger partial charge in [-0.1, -0.05) is 0 Å². The summed E-state index contributed by atoms with van der Waals surface area (Å²) in [6, 6.07) is 4.82. The van der Waals surface area contributed by atoms with E-state index in [-0.39, 0.29) is 12.1 Å². The molecule has 1 saturated heterocycles. The summed E-state index contributed by atoms with van der Waals surface area (Å²) in [5, 5.41) is 13.2. The lowest BCUT2D eigenvalue weighted by molar-refractivity contribution is 0.0681. The zero-order valence-electron chi connectivity index (χ0n) is 9.30. The second-order valence-corrected chi connectivity index (χ2v) is 4.78. The molecule has 88 valence electrons. The van der Waals surface area contributed by atoms with Gasteiger partial charge in [-0.3, -0.25) is 4.90 Å². The van der Waals surface area contributed by atoms with Crippen LogP contribution in [0.4, 0.5) is 0 Å². The number of furan rings is 1. The Morgan fingerprint density at radius 2 is 2.31 bits per heavy atom. The fraction of sp³-hybridized carbons (Fsp3) is 0.667. The number of nitrogens with one attached hydrogen (secondary N) is 1. The minimum Gasteiger partial charge on any atom is -0.468 e. The van der Waals surface area contributed by atoms with Gasteiger partial charge < -0.3 is 14.8 Å². The zero-order chi connectivity index (χ0) is 11.0. The number of hydrogen-bond acceptors (Lipinski definition) is 4. The summed E-state index contributed by atoms with van der Waals surface area (Å²) in [5.74, 6) is 0.992. The molecule has 2 N–H and O–H groups in total. The quantitative estimate of drug-likeness (QED) is 0.782. The lowest BCUT2D eigenvalue weighted by atomic mass is 10.1. The molecule has 1 aliphatic carbocycles. The molecule has 4 nitrogen and oxygen atoms in total. The summed E-state index contributed by atoms with van der Waals surface area (Å²) in [4.78, 5) is 2.39. The van der Waals surface area contributed by atoms with Gasteiger partial charge in [0.2, 0.25) is 0 Å². The fourth-order valence-corrected chi connectivity index (χ4v) is 2.50. The molecule has 0 spiro atoms. The van der Waals surface area contributed by atoms with Crippen molar-refractivity contribution in [3.05, 3.63) is 24.2 Å². The van der Waals surface area contributed by atoms with Crippen LogP contribution in [0.1, 0.15) is 18.6 Å². The Balaban J connectivity index is 1.71. The Morgan fingerprint density at radius 3 is 2.88 bits per heavy atom. The van der Waals surface area contributed by atoms with Crippen LogP contribution < -0.4 is 5.32 Å². The highest BCUT2D eigenvalue weighted by Gasteiger charge is 2.39. The lowest BCUT2D eigenvalue weighted by Gasteiger charge is -2.29. The summed E-state index contributed by atoms with van der Waals surface area (Å²) in [5.41, 5.74) is 0. The maximum atomic E-state index is 9.93. The fourth-order valence-electron chi connectivity index (χ4n) is 2.50. The first-order chi connectivity index (χ1) is 7.84. The van der Waals surface area contributed by atoms with Crippen molar-refractivity contribution in [2.24, 2.45) is 0 Å². The smallest absolute Gasteiger partial charge is 0.117 e. The van der Waals surface area contributed by atoms with E-state index in [2.05, 4.69) is 10.2 Å². The number of aliphatic hydroxyl groups is 1. The molecular weight excluding hydrogens is 204 g/mol. The predicted octanol–water partition coefficient (Wildman–Crippen LogP) is 0.577. The Hall–Kier alpha value is -0.840. The Morgan fingerprint density at radius 1 is 1.44 bits per heavy atom. The second kappa shape index (κ2) is 4.20. The third-order valence-electron chi connectivity index (χ3n) is 3.51. The van der Waals surface area contributed by atoms with Crippen LogP contribution in [0.25, 0.3) is 0 Å². The van der Waals surface area contributed by atoms with Crippen molar-refractivity contribution in [3.8, 4) is 0 Å². The van der Waals surface area contributed by atoms with E-state index in [0.717, 1.165) is 18.8 Å². The van der Waals surface area contributed by atoms with Crippen molar-refractivity contribution in [1.82, 2.24) is 10.2 Å². The molecule has 1 aliphatic heterocycles. The highest BCUT2D eigenvalue weighted by molar-refractivity contribution is 5.03. The summed E-state index contributed by atoms with van der Waals surface area (Å²) >= 11 is 0. The third-order valence-corrected chi connectivity index (χ3v) is 3.51. The summed E-state index contributed by atoms with van der Waals surface area (Å²) in [6.45, 7) is 2.42. The molecule has 4 heteroatoms. The molecular formula is C12H18N2O2. The number of aliphatic hydroxyl groups excluding tert-OH is 1. The van der Waals surface area contributed by atoms with Crippen LogP contribution >= 0.6 is 0 Å². The van der Waals surface area contributed by atoms with E-state index >= 15 is 0 Å². The van der Waals surface area contributed by atoms with Crippen molar-refractivity contribution in [1.29, 1.82) is 0 Å². The molecule has 2 fully saturated rings. The van der Waals surface area contributed by atoms with Gasteiger partial charge in [0.25, 0.3) is 0 Å². The lowest BCUT2D eigenvalue weighted by Crippen LogP contribution is -2.44. The minimum absolute atomic E-state index is 0.240. The molecule has 0 aromatic carbocycles. The van der Waals surface area contributed by atoms with Crippen LogP contribution in [0.5, 0.6) is 0 Å². The Labute approximate surface area is 95.2 Å². The number of rotatable bonds is 4. The molecule has 2 aliphatic rings. The molecule has 2 atom stereocenters. The van der Waals surface area contributed by atoms with Crippen molar-refractivity contribution in [2.75, 3.05) is 13.1 Å². The SMILES string of the molecule is OC1CNCC1N(Cc1ccco1)C1CC1. The first-order valence-corrected chi connectivity index (χ1v) is 6.01. The van der Waals surface area contributed by atoms with Crippen molar-refractivity contribution in [3.63, 3.8) is 0 Å². The molecule has 1 saturated carbocycles. The van der Waals surface area contributed by atoms with Gasteiger partial charge in [0.15, 0.2) is 0 Å². The average molecular weight is 222 g/mol. The van der Waals surface area contributed by atoms with Crippen molar-refractivity contribution in [2.45, 2.75) is 37.6 Å². The van der Waals surface area contributed by atoms with E-state index in [1.54, 1.807) is 6.26 Å². The molecule has 3 rings (SSSR count). The number of hydrogen-bond donors (Lipinski definition) is 2. The van der Waals surface area contributed by atoms with Gasteiger partial charge in [0.1, 0.15) is 5.76 Å². The second-order valence-electron chi connectivity index (χ2n) is 4.78. The monoisotopic (exact) mass is 222 g/mol. The summed E-state index contributed by atoms with van der Waals surface area (Å²) in [7, 11) is 0. The van der Waals surface area contributed by atoms with E-state index < -0.39 is 0 Å². The van der Waals surface area contributed by atoms with Crippen LogP contribution in [-0.2, 0) is 6.54 Å². The van der Waals surface area contributed by atoms with Gasteiger partial charge in [-0.2, -0.15) is 0 Å². The van der Waals surface area contributed by atoms with Crippen LogP contribution in [0, 0.1) is 0 Å². The van der Waals surface area contributed by atoms with Gasteiger partial charge in [-0.15, -0.1) is 0 Å². The first-order valence-electron chi connectivity index (χ1n) is 6.01. The third kappa shape index (κ3) is 2.00. The van der Waals surface area contributed by atoms with Gasteiger partial charge in [0, 0.05) is 19.1 Å². The van der Waals surface area contributed by atoms with E-state index in [0.29, 0.717) is 12.6 Å². The van der Waals surface area contributed by atoms with Crippen LogP contribution in [0.15, 0.2) is 22.8 Å². The maximum Gasteiger partial charge on any atom is 0.117 e. The number of β-amino-alcohol motifs (C(OH)–C–C–N with tert-alkyl or cyclic N) is 1. The van der Waals surface area contributed by atoms with E-state index in [4.69, 9.17) is 4.42 Å². The van der Waals surface area contributed by atoms with Gasteiger partial charge >= 0.3 is 0 Å². The molecule has 16 heavy (non-hydrogen) atoms. The van der Waals surface area contributed by atoms with Crippen LogP contribution in [0.3, 0.4) is 0 Å². The number of nitrogens with zero attached hydrogens (tertiary/aromatic N) is 1. The maximum absolute atomic E-state index is 9.93. The summed E-state index contributed by atoms with van der Waals surface area (Å²) < 4.78 is 5.39. The Kier molecular flexibility index (Phi) is 2.71. The van der Waals surface area contributed by atoms with Crippen molar-refractivity contribution < 1.29 is 9.52 Å². The van der Waals surface area contributed by atoms with E-state index in [1.807, 2.05) is 12.1 Å². The predicted molar refractivity (Wildman–Crippen MR) is 59.9 cm³/mol. The minimum atomic E-state index is -0.240. The van der Waals surface area contributed by atoms with Crippen LogP contribution in [-0.4, -0.2) is 41.3 Å². The Bertz CT molecular complexity index is 335. The van der Waals surface area contributed by atoms with Gasteiger partial charge in [0.05, 0.1) is 25.0 Å². The zero-order valence-corrected chi connectivity index (χ0v) is 9.30. The molecule has 1 aromatic rings. The molecule has 1 aromatic heterocycles. The molecule has 2 heterocycles. The standard InChI is InChI=1S/C12H18N2O2/c15-12-7-13-6-11(12)14(9-3-4-9)8-10-2-1-5-16-10/h1-2,5,9,11-13,15H,3-4,6-8H2. The highest BCUT2D eigenvalue weighted by atomic mass is 16.3. The molecule has 2 unspecified atom stereocenters. The molecule has 0 bridgehead atoms. The molecule has 0 amide bonds. The van der Waals surface area contributed by atoms with Crippen molar-refractivity contribution >= 4 is 0 Å².